The van der Waals surface area contributed by atoms with Crippen LogP contribution in [0.4, 0.5) is 0 Å². The van der Waals surface area contributed by atoms with Crippen molar-refractivity contribution in [2.24, 2.45) is 0 Å². The first-order chi connectivity index (χ1) is 12.4. The van der Waals surface area contributed by atoms with E-state index in [0.29, 0.717) is 6.54 Å². The molecule has 0 aromatic heterocycles. The van der Waals surface area contributed by atoms with Crippen molar-refractivity contribution in [3.8, 4) is 0 Å². The first kappa shape index (κ1) is 20.5. The van der Waals surface area contributed by atoms with E-state index in [2.05, 4.69) is 17.4 Å². The van der Waals surface area contributed by atoms with E-state index in [1.807, 2.05) is 25.1 Å². The molecule has 0 atom stereocenters. The Morgan fingerprint density at radius 2 is 1.73 bits per heavy atom. The Hall–Kier alpha value is -1.83. The number of nitrogens with one attached hydrogen (secondary N) is 1. The van der Waals surface area contributed by atoms with Crippen LogP contribution >= 0.6 is 11.8 Å². The van der Waals surface area contributed by atoms with Gasteiger partial charge in [0.25, 0.3) is 0 Å². The van der Waals surface area contributed by atoms with Crippen molar-refractivity contribution < 1.29 is 13.2 Å². The number of benzene rings is 2. The Bertz CT molecular complexity index is 806. The van der Waals surface area contributed by atoms with Gasteiger partial charge in [0.2, 0.25) is 15.9 Å². The number of hydrogen-bond acceptors (Lipinski definition) is 4. The lowest BCUT2D eigenvalue weighted by molar-refractivity contribution is -0.121. The number of carbonyl (C=O) groups is 1. The molecule has 140 valence electrons. The zero-order valence-corrected chi connectivity index (χ0v) is 16.6. The lowest BCUT2D eigenvalue weighted by Gasteiger charge is -2.17. The molecular formula is C19H24N2O3S2. The molecule has 0 unspecified atom stereocenters. The molecule has 0 radical (unpaired) electrons. The third kappa shape index (κ3) is 6.16. The number of hydrogen-bond donors (Lipinski definition) is 1. The van der Waals surface area contributed by atoms with Crippen LogP contribution in [0, 0.1) is 6.92 Å². The third-order valence-corrected chi connectivity index (χ3v) is 6.62. The number of amides is 1. The minimum atomic E-state index is -3.65. The number of rotatable bonds is 9. The molecule has 2 aromatic rings. The smallest absolute Gasteiger partial charge is 0.243 e. The standard InChI is InChI=1S/C19H24N2O3S2/c1-16-8-10-18(11-9-16)26(23,24)21(2)14-19(22)20-12-13-25-15-17-6-4-3-5-7-17/h3-11H,12-15H2,1-2H3,(H,20,22). The molecule has 0 aliphatic carbocycles. The molecule has 0 aliphatic rings. The van der Waals surface area contributed by atoms with Crippen LogP contribution < -0.4 is 5.32 Å². The molecule has 0 bridgehead atoms. The average molecular weight is 393 g/mol. The summed E-state index contributed by atoms with van der Waals surface area (Å²) >= 11 is 1.72. The van der Waals surface area contributed by atoms with Crippen molar-refractivity contribution in [3.05, 3.63) is 65.7 Å². The maximum atomic E-state index is 12.5. The Labute approximate surface area is 159 Å². The highest BCUT2D eigenvalue weighted by molar-refractivity contribution is 7.98. The van der Waals surface area contributed by atoms with Gasteiger partial charge in [0.1, 0.15) is 0 Å². The molecule has 5 nitrogen and oxygen atoms in total. The van der Waals surface area contributed by atoms with Crippen molar-refractivity contribution in [1.29, 1.82) is 0 Å². The van der Waals surface area contributed by atoms with Gasteiger partial charge in [-0.25, -0.2) is 8.42 Å². The van der Waals surface area contributed by atoms with Gasteiger partial charge in [0.15, 0.2) is 0 Å². The second kappa shape index (κ2) is 9.75. The highest BCUT2D eigenvalue weighted by Crippen LogP contribution is 2.14. The molecule has 0 heterocycles. The molecule has 2 rings (SSSR count). The number of carbonyl (C=O) groups excluding carboxylic acids is 1. The number of sulfonamides is 1. The van der Waals surface area contributed by atoms with Gasteiger partial charge in [-0.3, -0.25) is 4.79 Å². The minimum absolute atomic E-state index is 0.191. The highest BCUT2D eigenvalue weighted by atomic mass is 32.2. The summed E-state index contributed by atoms with van der Waals surface area (Å²) in [5.41, 5.74) is 2.23. The summed E-state index contributed by atoms with van der Waals surface area (Å²) in [5, 5.41) is 2.77. The first-order valence-electron chi connectivity index (χ1n) is 8.31. The Morgan fingerprint density at radius 1 is 1.08 bits per heavy atom. The van der Waals surface area contributed by atoms with E-state index in [9.17, 15) is 13.2 Å². The minimum Gasteiger partial charge on any atom is -0.354 e. The molecule has 1 N–H and O–H groups in total. The van der Waals surface area contributed by atoms with E-state index in [4.69, 9.17) is 0 Å². The molecule has 2 aromatic carbocycles. The number of thioether (sulfide) groups is 1. The van der Waals surface area contributed by atoms with E-state index in [0.717, 1.165) is 21.4 Å². The fourth-order valence-electron chi connectivity index (χ4n) is 2.26. The Kier molecular flexibility index (Phi) is 7.68. The lowest BCUT2D eigenvalue weighted by atomic mass is 10.2. The number of likely N-dealkylation sites (N-methyl/N-ethyl adjacent to an activating group) is 1. The largest absolute Gasteiger partial charge is 0.354 e. The number of nitrogens with zero attached hydrogens (tertiary/aromatic N) is 1. The SMILES string of the molecule is Cc1ccc(S(=O)(=O)N(C)CC(=O)NCCSCc2ccccc2)cc1. The Balaban J connectivity index is 1.73. The van der Waals surface area contributed by atoms with Crippen molar-refractivity contribution >= 4 is 27.7 Å². The maximum Gasteiger partial charge on any atom is 0.243 e. The second-order valence-corrected chi connectivity index (χ2v) is 9.11. The average Bonchev–Trinajstić information content (AvgIpc) is 2.62. The van der Waals surface area contributed by atoms with Crippen LogP contribution in [0.15, 0.2) is 59.5 Å². The Morgan fingerprint density at radius 3 is 2.38 bits per heavy atom. The predicted octanol–water partition coefficient (Wildman–Crippen LogP) is 2.67. The fraction of sp³-hybridized carbons (Fsp3) is 0.316. The molecule has 0 aliphatic heterocycles. The van der Waals surface area contributed by atoms with Gasteiger partial charge in [-0.2, -0.15) is 16.1 Å². The van der Waals surface area contributed by atoms with E-state index >= 15 is 0 Å². The summed E-state index contributed by atoms with van der Waals surface area (Å²) in [4.78, 5) is 12.2. The molecule has 1 amide bonds. The van der Waals surface area contributed by atoms with Crippen LogP contribution in [0.25, 0.3) is 0 Å². The van der Waals surface area contributed by atoms with Gasteiger partial charge < -0.3 is 5.32 Å². The van der Waals surface area contributed by atoms with E-state index < -0.39 is 10.0 Å². The van der Waals surface area contributed by atoms with Gasteiger partial charge in [-0.15, -0.1) is 0 Å². The quantitative estimate of drug-likeness (QED) is 0.666. The van der Waals surface area contributed by atoms with Crippen LogP contribution in [0.2, 0.25) is 0 Å². The maximum absolute atomic E-state index is 12.5. The van der Waals surface area contributed by atoms with Gasteiger partial charge in [-0.05, 0) is 24.6 Å². The van der Waals surface area contributed by atoms with Gasteiger partial charge in [0.05, 0.1) is 11.4 Å². The zero-order chi connectivity index (χ0) is 19.0. The molecule has 0 fully saturated rings. The molecule has 26 heavy (non-hydrogen) atoms. The topological polar surface area (TPSA) is 66.5 Å². The normalized spacial score (nSPS) is 11.5. The first-order valence-corrected chi connectivity index (χ1v) is 10.9. The van der Waals surface area contributed by atoms with E-state index in [-0.39, 0.29) is 17.3 Å². The monoisotopic (exact) mass is 392 g/mol. The van der Waals surface area contributed by atoms with Crippen molar-refractivity contribution in [2.45, 2.75) is 17.6 Å². The highest BCUT2D eigenvalue weighted by Gasteiger charge is 2.22. The van der Waals surface area contributed by atoms with Gasteiger partial charge in [-0.1, -0.05) is 48.0 Å². The molecule has 0 saturated carbocycles. The van der Waals surface area contributed by atoms with Crippen LogP contribution in [0.1, 0.15) is 11.1 Å². The van der Waals surface area contributed by atoms with Crippen LogP contribution in [0.5, 0.6) is 0 Å². The van der Waals surface area contributed by atoms with Gasteiger partial charge in [0, 0.05) is 25.1 Å². The summed E-state index contributed by atoms with van der Waals surface area (Å²) in [6, 6.07) is 16.7. The second-order valence-electron chi connectivity index (χ2n) is 5.96. The predicted molar refractivity (Wildman–Crippen MR) is 107 cm³/mol. The lowest BCUT2D eigenvalue weighted by Crippen LogP contribution is -2.39. The van der Waals surface area contributed by atoms with Gasteiger partial charge >= 0.3 is 0 Å². The zero-order valence-electron chi connectivity index (χ0n) is 15.0. The molecular weight excluding hydrogens is 368 g/mol. The van der Waals surface area contributed by atoms with Crippen molar-refractivity contribution in [1.82, 2.24) is 9.62 Å². The van der Waals surface area contributed by atoms with E-state index in [1.165, 1.54) is 12.6 Å². The summed E-state index contributed by atoms with van der Waals surface area (Å²) in [6.07, 6.45) is 0. The van der Waals surface area contributed by atoms with Crippen molar-refractivity contribution in [3.63, 3.8) is 0 Å². The van der Waals surface area contributed by atoms with Crippen molar-refractivity contribution in [2.75, 3.05) is 25.9 Å². The van der Waals surface area contributed by atoms with Crippen LogP contribution in [-0.4, -0.2) is 44.5 Å². The fourth-order valence-corrected chi connectivity index (χ4v) is 4.21. The third-order valence-electron chi connectivity index (χ3n) is 3.78. The summed E-state index contributed by atoms with van der Waals surface area (Å²) < 4.78 is 26.0. The molecule has 7 heteroatoms. The van der Waals surface area contributed by atoms with E-state index in [1.54, 1.807) is 36.0 Å². The molecule has 0 spiro atoms. The van der Waals surface area contributed by atoms with Crippen LogP contribution in [-0.2, 0) is 20.6 Å². The summed E-state index contributed by atoms with van der Waals surface area (Å²) in [5.74, 6) is 1.36. The molecule has 0 saturated heterocycles. The summed E-state index contributed by atoms with van der Waals surface area (Å²) in [6.45, 7) is 2.21. The van der Waals surface area contributed by atoms with Crippen LogP contribution in [0.3, 0.4) is 0 Å². The number of aryl methyl sites for hydroxylation is 1. The summed E-state index contributed by atoms with van der Waals surface area (Å²) in [7, 11) is -2.24.